The van der Waals surface area contributed by atoms with Crippen LogP contribution in [0.2, 0.25) is 0 Å². The predicted octanol–water partition coefficient (Wildman–Crippen LogP) is 1.73. The Morgan fingerprint density at radius 2 is 1.33 bits per heavy atom. The topological polar surface area (TPSA) is 0 Å². The summed E-state index contributed by atoms with van der Waals surface area (Å²) in [6, 6.07) is 0. The Bertz CT molecular complexity index is 23.6. The van der Waals surface area contributed by atoms with E-state index in [1.54, 1.807) is 0 Å². The Hall–Kier alpha value is 0.766. The highest BCUT2D eigenvalue weighted by molar-refractivity contribution is 5.75. The number of hydrogen-bond acceptors (Lipinski definition) is 0. The van der Waals surface area contributed by atoms with E-state index in [1.165, 1.54) is 0 Å². The molecular weight excluding hydrogens is 84.4 g/mol. The van der Waals surface area contributed by atoms with E-state index in [2.05, 4.69) is 27.7 Å². The van der Waals surface area contributed by atoms with Gasteiger partial charge in [0.15, 0.2) is 0 Å². The van der Waals surface area contributed by atoms with Gasteiger partial charge in [0.05, 0.1) is 0 Å². The fourth-order valence-electron chi connectivity index (χ4n) is 0. The summed E-state index contributed by atoms with van der Waals surface area (Å²) in [7, 11) is 0. The van der Waals surface area contributed by atoms with Crippen LogP contribution in [0.4, 0.5) is 0 Å². The van der Waals surface area contributed by atoms with E-state index in [1.807, 2.05) is 0 Å². The first kappa shape index (κ1) is 9.90. The van der Waals surface area contributed by atoms with E-state index >= 15 is 0 Å². The quantitative estimate of drug-likeness (QED) is 0.404. The van der Waals surface area contributed by atoms with Crippen molar-refractivity contribution in [2.45, 2.75) is 20.8 Å². The van der Waals surface area contributed by atoms with E-state index in [9.17, 15) is 0 Å². The molecule has 0 atom stereocenters. The maximum atomic E-state index is 3.77. The largest absolute Gasteiger partial charge is 0.0602 e. The maximum Gasteiger partial charge on any atom is 0 e. The van der Waals surface area contributed by atoms with Gasteiger partial charge in [-0.1, -0.05) is 20.8 Å². The second-order valence-electron chi connectivity index (χ2n) is 2.56. The van der Waals surface area contributed by atoms with Crippen LogP contribution in [-0.4, -0.2) is 23.1 Å². The SMILES string of the molecule is [CH2]C(C)(C)C.[HH].[Mg]. The molecule has 0 N–H and O–H groups in total. The number of hydrogen-bond donors (Lipinski definition) is 0. The minimum absolute atomic E-state index is 0. The van der Waals surface area contributed by atoms with Crippen LogP contribution in [0.3, 0.4) is 0 Å². The summed E-state index contributed by atoms with van der Waals surface area (Å²) in [6.07, 6.45) is 0. The van der Waals surface area contributed by atoms with Gasteiger partial charge in [-0.25, -0.2) is 0 Å². The van der Waals surface area contributed by atoms with Crippen molar-refractivity contribution < 1.29 is 1.43 Å². The molecular formula is C5H13Mg. The molecule has 0 aromatic heterocycles. The van der Waals surface area contributed by atoms with Crippen molar-refractivity contribution in [3.63, 3.8) is 0 Å². The second-order valence-corrected chi connectivity index (χ2v) is 2.56. The molecule has 3 radical (unpaired) electrons. The Morgan fingerprint density at radius 3 is 1.33 bits per heavy atom. The first-order valence-electron chi connectivity index (χ1n) is 1.85. The third kappa shape index (κ3) is 115. The smallest absolute Gasteiger partial charge is 0 e. The third-order valence-electron chi connectivity index (χ3n) is 0. The zero-order valence-electron chi connectivity index (χ0n) is 4.91. The summed E-state index contributed by atoms with van der Waals surface area (Å²) >= 11 is 0. The van der Waals surface area contributed by atoms with Crippen LogP contribution in [0, 0.1) is 12.3 Å². The summed E-state index contributed by atoms with van der Waals surface area (Å²) in [4.78, 5) is 0. The van der Waals surface area contributed by atoms with E-state index in [-0.39, 0.29) is 29.9 Å². The van der Waals surface area contributed by atoms with Gasteiger partial charge in [-0.05, 0) is 12.3 Å². The number of rotatable bonds is 0. The van der Waals surface area contributed by atoms with Crippen molar-refractivity contribution in [3.05, 3.63) is 6.92 Å². The van der Waals surface area contributed by atoms with E-state index in [0.717, 1.165) is 0 Å². The first-order chi connectivity index (χ1) is 2.00. The zero-order chi connectivity index (χ0) is 4.50. The summed E-state index contributed by atoms with van der Waals surface area (Å²) in [5, 5.41) is 0. The summed E-state index contributed by atoms with van der Waals surface area (Å²) in [5.74, 6) is 0. The molecule has 0 aliphatic rings. The van der Waals surface area contributed by atoms with Gasteiger partial charge >= 0.3 is 0 Å². The van der Waals surface area contributed by atoms with Crippen LogP contribution in [-0.2, 0) is 0 Å². The van der Waals surface area contributed by atoms with Gasteiger partial charge in [0.1, 0.15) is 0 Å². The van der Waals surface area contributed by atoms with Crippen LogP contribution in [0.5, 0.6) is 0 Å². The molecule has 6 heavy (non-hydrogen) atoms. The molecule has 0 heterocycles. The molecule has 0 amide bonds. The fraction of sp³-hybridized carbons (Fsp3) is 0.800. The van der Waals surface area contributed by atoms with E-state index < -0.39 is 0 Å². The average Bonchev–Trinajstić information content (AvgIpc) is 0.722. The molecule has 0 nitrogen and oxygen atoms in total. The normalized spacial score (nSPS) is 10.0. The lowest BCUT2D eigenvalue weighted by Crippen LogP contribution is -1.94. The van der Waals surface area contributed by atoms with Crippen molar-refractivity contribution >= 4 is 23.1 Å². The highest BCUT2D eigenvalue weighted by Gasteiger charge is 1.95. The lowest BCUT2D eigenvalue weighted by atomic mass is 10.0. The predicted molar refractivity (Wildman–Crippen MR) is 32.7 cm³/mol. The minimum Gasteiger partial charge on any atom is -0.0602 e. The van der Waals surface area contributed by atoms with Crippen molar-refractivity contribution in [3.8, 4) is 0 Å². The Kier molecular flexibility index (Phi) is 4.72. The summed E-state index contributed by atoms with van der Waals surface area (Å²) in [6.45, 7) is 10.0. The molecule has 0 saturated carbocycles. The van der Waals surface area contributed by atoms with Gasteiger partial charge in [-0.2, -0.15) is 0 Å². The van der Waals surface area contributed by atoms with Crippen molar-refractivity contribution in [2.75, 3.05) is 0 Å². The van der Waals surface area contributed by atoms with Crippen molar-refractivity contribution in [2.24, 2.45) is 5.41 Å². The first-order valence-corrected chi connectivity index (χ1v) is 1.85. The van der Waals surface area contributed by atoms with Crippen LogP contribution >= 0.6 is 0 Å². The summed E-state index contributed by atoms with van der Waals surface area (Å²) < 4.78 is 0. The molecule has 0 saturated heterocycles. The van der Waals surface area contributed by atoms with Crippen LogP contribution in [0.1, 0.15) is 22.2 Å². The zero-order valence-corrected chi connectivity index (χ0v) is 6.33. The van der Waals surface area contributed by atoms with Gasteiger partial charge in [0.2, 0.25) is 0 Å². The molecule has 0 aromatic rings. The summed E-state index contributed by atoms with van der Waals surface area (Å²) in [5.41, 5.74) is 0.250. The van der Waals surface area contributed by atoms with E-state index in [0.29, 0.717) is 0 Å². The van der Waals surface area contributed by atoms with Gasteiger partial charge in [-0.3, -0.25) is 0 Å². The molecule has 0 aliphatic heterocycles. The van der Waals surface area contributed by atoms with Gasteiger partial charge in [0.25, 0.3) is 0 Å². The van der Waals surface area contributed by atoms with Crippen LogP contribution in [0.25, 0.3) is 0 Å². The highest BCUT2D eigenvalue weighted by Crippen LogP contribution is 2.07. The standard InChI is InChI=1S/C5H11.Mg.H2/c1-5(2,3)4;;/h1H2,2-4H3;;1H. The Balaban J connectivity index is -0.0000000800. The fourth-order valence-corrected chi connectivity index (χ4v) is 0. The highest BCUT2D eigenvalue weighted by atomic mass is 24.3. The molecule has 0 rings (SSSR count). The third-order valence-corrected chi connectivity index (χ3v) is 0. The Morgan fingerprint density at radius 1 is 1.33 bits per heavy atom. The van der Waals surface area contributed by atoms with Crippen LogP contribution in [0.15, 0.2) is 0 Å². The maximum absolute atomic E-state index is 3.77. The van der Waals surface area contributed by atoms with Gasteiger partial charge in [-0.15, -0.1) is 0 Å². The lowest BCUT2D eigenvalue weighted by Gasteiger charge is -2.05. The van der Waals surface area contributed by atoms with Crippen LogP contribution < -0.4 is 0 Å². The molecule has 0 fully saturated rings. The van der Waals surface area contributed by atoms with Gasteiger partial charge < -0.3 is 0 Å². The minimum atomic E-state index is 0. The molecule has 0 unspecified atom stereocenters. The second kappa shape index (κ2) is 2.86. The molecule has 35 valence electrons. The Labute approximate surface area is 58.0 Å². The molecule has 0 aliphatic carbocycles. The van der Waals surface area contributed by atoms with Crippen molar-refractivity contribution in [1.29, 1.82) is 0 Å². The van der Waals surface area contributed by atoms with E-state index in [4.69, 9.17) is 0 Å². The average molecular weight is 97.5 g/mol. The van der Waals surface area contributed by atoms with Crippen molar-refractivity contribution in [1.82, 2.24) is 0 Å². The lowest BCUT2D eigenvalue weighted by molar-refractivity contribution is 0.539. The molecule has 1 heteroatoms. The van der Waals surface area contributed by atoms with Gasteiger partial charge in [0, 0.05) is 24.5 Å². The molecule has 0 bridgehead atoms. The molecule has 0 aromatic carbocycles. The molecule has 0 spiro atoms. The monoisotopic (exact) mass is 97.1 g/mol.